The van der Waals surface area contributed by atoms with Crippen LogP contribution in [0.5, 0.6) is 0 Å². The van der Waals surface area contributed by atoms with Crippen molar-refractivity contribution in [3.63, 3.8) is 0 Å². The van der Waals surface area contributed by atoms with Crippen molar-refractivity contribution >= 4 is 29.0 Å². The molecule has 1 aliphatic rings. The topological polar surface area (TPSA) is 72.9 Å². The molecule has 1 fully saturated rings. The van der Waals surface area contributed by atoms with Crippen LogP contribution in [-0.4, -0.2) is 61.5 Å². The zero-order chi connectivity index (χ0) is 19.8. The van der Waals surface area contributed by atoms with E-state index in [1.165, 1.54) is 10.4 Å². The van der Waals surface area contributed by atoms with E-state index in [1.54, 1.807) is 24.6 Å². The van der Waals surface area contributed by atoms with Gasteiger partial charge in [-0.2, -0.15) is 0 Å². The summed E-state index contributed by atoms with van der Waals surface area (Å²) in [6.45, 7) is 6.53. The molecule has 2 aromatic heterocycles. The first kappa shape index (κ1) is 20.1. The fraction of sp³-hybridized carbons (Fsp3) is 0.450. The summed E-state index contributed by atoms with van der Waals surface area (Å²) in [6.07, 6.45) is 2.27. The van der Waals surface area contributed by atoms with Gasteiger partial charge in [0.05, 0.1) is 6.54 Å². The minimum absolute atomic E-state index is 0.178. The van der Waals surface area contributed by atoms with Crippen molar-refractivity contribution in [1.82, 2.24) is 20.5 Å². The summed E-state index contributed by atoms with van der Waals surface area (Å²) in [4.78, 5) is 26.6. The summed E-state index contributed by atoms with van der Waals surface area (Å²) in [6, 6.07) is 8.04. The molecule has 0 atom stereocenters. The quantitative estimate of drug-likeness (QED) is 0.572. The minimum atomic E-state index is 0.178. The van der Waals surface area contributed by atoms with Crippen LogP contribution in [-0.2, 0) is 11.3 Å². The molecule has 0 saturated carbocycles. The van der Waals surface area contributed by atoms with Crippen LogP contribution in [0.25, 0.3) is 0 Å². The lowest BCUT2D eigenvalue weighted by Crippen LogP contribution is -2.49. The zero-order valence-corrected chi connectivity index (χ0v) is 17.3. The number of aliphatic imine (C=N–C) groups is 1. The molecular weight excluding hydrogens is 372 g/mol. The van der Waals surface area contributed by atoms with Gasteiger partial charge in [-0.1, -0.05) is 6.07 Å². The van der Waals surface area contributed by atoms with Gasteiger partial charge in [0.2, 0.25) is 5.91 Å². The number of hydrogen-bond donors (Lipinski definition) is 2. The van der Waals surface area contributed by atoms with Crippen LogP contribution >= 0.6 is 11.3 Å². The maximum atomic E-state index is 12.5. The fourth-order valence-corrected chi connectivity index (χ4v) is 3.99. The summed E-state index contributed by atoms with van der Waals surface area (Å²) < 4.78 is 0. The van der Waals surface area contributed by atoms with E-state index in [-0.39, 0.29) is 5.91 Å². The van der Waals surface area contributed by atoms with Crippen molar-refractivity contribution in [2.45, 2.75) is 19.9 Å². The van der Waals surface area contributed by atoms with Crippen LogP contribution < -0.4 is 15.5 Å². The number of pyridine rings is 1. The molecule has 1 saturated heterocycles. The summed E-state index contributed by atoms with van der Waals surface area (Å²) in [5.74, 6) is 1.88. The summed E-state index contributed by atoms with van der Waals surface area (Å²) in [7, 11) is 1.75. The lowest BCUT2D eigenvalue weighted by molar-refractivity contribution is -0.131. The van der Waals surface area contributed by atoms with E-state index in [9.17, 15) is 4.79 Å². The van der Waals surface area contributed by atoms with E-state index < -0.39 is 0 Å². The molecule has 8 heteroatoms. The van der Waals surface area contributed by atoms with Crippen molar-refractivity contribution < 1.29 is 4.79 Å². The Kier molecular flexibility index (Phi) is 7.25. The Hall–Kier alpha value is -2.61. The second-order valence-electron chi connectivity index (χ2n) is 6.69. The minimum Gasteiger partial charge on any atom is -0.356 e. The van der Waals surface area contributed by atoms with Gasteiger partial charge in [-0.25, -0.2) is 4.98 Å². The largest absolute Gasteiger partial charge is 0.356 e. The molecular formula is C20H28N6OS. The average Bonchev–Trinajstić information content (AvgIpc) is 3.16. The smallest absolute Gasteiger partial charge is 0.224 e. The van der Waals surface area contributed by atoms with Gasteiger partial charge in [0, 0.05) is 57.3 Å². The zero-order valence-electron chi connectivity index (χ0n) is 16.5. The van der Waals surface area contributed by atoms with Crippen molar-refractivity contribution in [3.8, 4) is 0 Å². The summed E-state index contributed by atoms with van der Waals surface area (Å²) in [5, 5.41) is 8.62. The number of aromatic nitrogens is 1. The summed E-state index contributed by atoms with van der Waals surface area (Å²) >= 11 is 1.73. The van der Waals surface area contributed by atoms with Gasteiger partial charge in [0.25, 0.3) is 0 Å². The monoisotopic (exact) mass is 400 g/mol. The molecule has 150 valence electrons. The Morgan fingerprint density at radius 2 is 2.04 bits per heavy atom. The Bertz CT molecular complexity index is 783. The highest BCUT2D eigenvalue weighted by molar-refractivity contribution is 7.10. The number of anilines is 1. The van der Waals surface area contributed by atoms with Gasteiger partial charge in [0.15, 0.2) is 5.96 Å². The molecule has 0 spiro atoms. The van der Waals surface area contributed by atoms with Gasteiger partial charge < -0.3 is 20.4 Å². The number of guanidine groups is 1. The van der Waals surface area contributed by atoms with Crippen LogP contribution in [0, 0.1) is 6.92 Å². The molecule has 1 amide bonds. The highest BCUT2D eigenvalue weighted by atomic mass is 32.1. The highest BCUT2D eigenvalue weighted by Gasteiger charge is 2.21. The number of amides is 1. The average molecular weight is 401 g/mol. The Morgan fingerprint density at radius 1 is 1.21 bits per heavy atom. The number of nitrogens with one attached hydrogen (secondary N) is 2. The number of aryl methyl sites for hydroxylation is 1. The van der Waals surface area contributed by atoms with E-state index in [0.717, 1.165) is 44.5 Å². The SMILES string of the molecule is CN=C(NCCC(=O)N1CCN(c2ccccn2)CC1)NCc1sccc1C. The maximum absolute atomic E-state index is 12.5. The molecule has 2 N–H and O–H groups in total. The standard InChI is InChI=1S/C20H28N6OS/c1-16-7-14-28-17(16)15-24-20(21-2)23-9-6-19(27)26-12-10-25(11-13-26)18-5-3-4-8-22-18/h3-5,7-8,14H,6,9-13,15H2,1-2H3,(H2,21,23,24). The lowest BCUT2D eigenvalue weighted by atomic mass is 10.2. The number of rotatable bonds is 6. The van der Waals surface area contributed by atoms with Gasteiger partial charge >= 0.3 is 0 Å². The number of nitrogens with zero attached hydrogens (tertiary/aromatic N) is 4. The van der Waals surface area contributed by atoms with Crippen LogP contribution in [0.15, 0.2) is 40.8 Å². The molecule has 7 nitrogen and oxygen atoms in total. The number of hydrogen-bond acceptors (Lipinski definition) is 5. The fourth-order valence-electron chi connectivity index (χ4n) is 3.14. The Morgan fingerprint density at radius 3 is 2.68 bits per heavy atom. The predicted molar refractivity (Wildman–Crippen MR) is 115 cm³/mol. The molecule has 3 rings (SSSR count). The number of carbonyl (C=O) groups is 1. The van der Waals surface area contributed by atoms with Crippen LogP contribution in [0.4, 0.5) is 5.82 Å². The Labute approximate surface area is 170 Å². The molecule has 3 heterocycles. The molecule has 1 aliphatic heterocycles. The van der Waals surface area contributed by atoms with Crippen molar-refractivity contribution in [3.05, 3.63) is 46.3 Å². The maximum Gasteiger partial charge on any atom is 0.224 e. The van der Waals surface area contributed by atoms with Crippen LogP contribution in [0.2, 0.25) is 0 Å². The van der Waals surface area contributed by atoms with Crippen LogP contribution in [0.1, 0.15) is 16.9 Å². The number of thiophene rings is 1. The Balaban J connectivity index is 1.36. The van der Waals surface area contributed by atoms with E-state index in [1.807, 2.05) is 23.1 Å². The van der Waals surface area contributed by atoms with Crippen molar-refractivity contribution in [2.75, 3.05) is 44.7 Å². The molecule has 0 radical (unpaired) electrons. The first-order chi connectivity index (χ1) is 13.7. The molecule has 0 aliphatic carbocycles. The molecule has 0 unspecified atom stereocenters. The second-order valence-corrected chi connectivity index (χ2v) is 7.69. The second kappa shape index (κ2) is 10.1. The number of carbonyl (C=O) groups excluding carboxylic acids is 1. The van der Waals surface area contributed by atoms with E-state index in [0.29, 0.717) is 13.0 Å². The predicted octanol–water partition coefficient (Wildman–Crippen LogP) is 1.86. The molecule has 28 heavy (non-hydrogen) atoms. The highest BCUT2D eigenvalue weighted by Crippen LogP contribution is 2.15. The third-order valence-electron chi connectivity index (χ3n) is 4.85. The van der Waals surface area contributed by atoms with Crippen molar-refractivity contribution in [1.29, 1.82) is 0 Å². The van der Waals surface area contributed by atoms with E-state index >= 15 is 0 Å². The summed E-state index contributed by atoms with van der Waals surface area (Å²) in [5.41, 5.74) is 1.29. The normalized spacial score (nSPS) is 14.9. The number of piperazine rings is 1. The van der Waals surface area contributed by atoms with E-state index in [2.05, 4.69) is 43.9 Å². The first-order valence-corrected chi connectivity index (χ1v) is 10.5. The molecule has 2 aromatic rings. The molecule has 0 aromatic carbocycles. The third-order valence-corrected chi connectivity index (χ3v) is 5.87. The first-order valence-electron chi connectivity index (χ1n) is 9.58. The van der Waals surface area contributed by atoms with Gasteiger partial charge in [0.1, 0.15) is 5.82 Å². The third kappa shape index (κ3) is 5.45. The molecule has 0 bridgehead atoms. The van der Waals surface area contributed by atoms with E-state index in [4.69, 9.17) is 0 Å². The van der Waals surface area contributed by atoms with Gasteiger partial charge in [-0.3, -0.25) is 9.79 Å². The van der Waals surface area contributed by atoms with Crippen LogP contribution in [0.3, 0.4) is 0 Å². The van der Waals surface area contributed by atoms with Crippen molar-refractivity contribution in [2.24, 2.45) is 4.99 Å². The lowest BCUT2D eigenvalue weighted by Gasteiger charge is -2.35. The van der Waals surface area contributed by atoms with Gasteiger partial charge in [-0.05, 0) is 36.1 Å². The van der Waals surface area contributed by atoms with Gasteiger partial charge in [-0.15, -0.1) is 11.3 Å².